The van der Waals surface area contributed by atoms with Gasteiger partial charge in [-0.2, -0.15) is 13.2 Å². The molecule has 1 aliphatic heterocycles. The number of esters is 1. The second-order valence-electron chi connectivity index (χ2n) is 8.28. The van der Waals surface area contributed by atoms with Crippen LogP contribution in [0.25, 0.3) is 0 Å². The highest BCUT2D eigenvalue weighted by Crippen LogP contribution is 2.37. The van der Waals surface area contributed by atoms with Crippen LogP contribution in [0.2, 0.25) is 0 Å². The lowest BCUT2D eigenvalue weighted by Gasteiger charge is -2.26. The molecule has 0 spiro atoms. The molecule has 0 saturated heterocycles. The zero-order valence-corrected chi connectivity index (χ0v) is 20.2. The Morgan fingerprint density at radius 1 is 1.21 bits per heavy atom. The molecule has 0 fully saturated rings. The monoisotopic (exact) mass is 482 g/mol. The molecule has 34 heavy (non-hydrogen) atoms. The molecule has 0 aromatic rings. The lowest BCUT2D eigenvalue weighted by atomic mass is 9.99. The maximum atomic E-state index is 12.9. The van der Waals surface area contributed by atoms with Gasteiger partial charge in [-0.05, 0) is 50.8 Å². The molecule has 1 aliphatic carbocycles. The number of alkyl halides is 3. The van der Waals surface area contributed by atoms with E-state index in [2.05, 4.69) is 6.92 Å². The minimum Gasteiger partial charge on any atom is -0.495 e. The number of methoxy groups -OCH3 is 1. The average molecular weight is 483 g/mol. The highest BCUT2D eigenvalue weighted by atomic mass is 19.4. The van der Waals surface area contributed by atoms with Crippen molar-refractivity contribution in [1.82, 2.24) is 0 Å². The SMILES string of the molecule is CCCCC1C=CC2=C(OC)C(C(=O)CCC)=CC(OC(=O)/C=C/CCC(F)(F)F)C(C)=C2O1. The number of carbonyl (C=O) groups excluding carboxylic acids is 2. The fourth-order valence-corrected chi connectivity index (χ4v) is 3.72. The summed E-state index contributed by atoms with van der Waals surface area (Å²) in [6.45, 7) is 5.72. The largest absolute Gasteiger partial charge is 0.495 e. The van der Waals surface area contributed by atoms with Crippen LogP contribution in [-0.4, -0.2) is 37.2 Å². The summed E-state index contributed by atoms with van der Waals surface area (Å²) in [4.78, 5) is 25.3. The van der Waals surface area contributed by atoms with E-state index in [0.29, 0.717) is 29.1 Å². The molecule has 0 radical (unpaired) electrons. The second kappa shape index (κ2) is 12.6. The Labute approximate surface area is 199 Å². The van der Waals surface area contributed by atoms with Crippen LogP contribution >= 0.6 is 0 Å². The van der Waals surface area contributed by atoms with E-state index in [4.69, 9.17) is 14.2 Å². The van der Waals surface area contributed by atoms with Crippen molar-refractivity contribution < 1.29 is 37.0 Å². The summed E-state index contributed by atoms with van der Waals surface area (Å²) in [5.41, 5.74) is 1.46. The van der Waals surface area contributed by atoms with Gasteiger partial charge in [-0.15, -0.1) is 0 Å². The Balaban J connectivity index is 2.40. The number of carbonyl (C=O) groups is 2. The van der Waals surface area contributed by atoms with Gasteiger partial charge in [-0.3, -0.25) is 4.79 Å². The second-order valence-corrected chi connectivity index (χ2v) is 8.28. The molecule has 0 N–H and O–H groups in total. The number of ether oxygens (including phenoxy) is 3. The normalized spacial score (nSPS) is 20.6. The topological polar surface area (TPSA) is 61.8 Å². The fraction of sp³-hybridized carbons (Fsp3) is 0.538. The number of rotatable bonds is 11. The first kappa shape index (κ1) is 27.5. The molecule has 0 aromatic heterocycles. The Morgan fingerprint density at radius 2 is 1.94 bits per heavy atom. The van der Waals surface area contributed by atoms with Gasteiger partial charge >= 0.3 is 12.1 Å². The first-order chi connectivity index (χ1) is 16.1. The molecule has 1 heterocycles. The van der Waals surface area contributed by atoms with Gasteiger partial charge in [0, 0.05) is 24.5 Å². The van der Waals surface area contributed by atoms with E-state index in [9.17, 15) is 22.8 Å². The summed E-state index contributed by atoms with van der Waals surface area (Å²) in [5.74, 6) is -0.141. The van der Waals surface area contributed by atoms with Gasteiger partial charge in [0.1, 0.15) is 23.7 Å². The Kier molecular flexibility index (Phi) is 10.2. The van der Waals surface area contributed by atoms with Crippen molar-refractivity contribution in [2.45, 2.75) is 84.1 Å². The zero-order chi connectivity index (χ0) is 25.3. The first-order valence-corrected chi connectivity index (χ1v) is 11.6. The lowest BCUT2D eigenvalue weighted by Crippen LogP contribution is -2.21. The molecule has 0 saturated carbocycles. The Hall–Kier alpha value is -2.77. The Morgan fingerprint density at radius 3 is 2.56 bits per heavy atom. The summed E-state index contributed by atoms with van der Waals surface area (Å²) in [5, 5.41) is 0. The fourth-order valence-electron chi connectivity index (χ4n) is 3.72. The summed E-state index contributed by atoms with van der Waals surface area (Å²) in [7, 11) is 1.47. The number of halogens is 3. The molecule has 188 valence electrons. The van der Waals surface area contributed by atoms with Gasteiger partial charge in [0.15, 0.2) is 5.78 Å². The number of ketones is 1. The molecule has 0 amide bonds. The van der Waals surface area contributed by atoms with E-state index in [1.807, 2.05) is 19.1 Å². The summed E-state index contributed by atoms with van der Waals surface area (Å²) in [6, 6.07) is 0. The van der Waals surface area contributed by atoms with Crippen molar-refractivity contribution in [1.29, 1.82) is 0 Å². The van der Waals surface area contributed by atoms with Crippen molar-refractivity contribution >= 4 is 11.8 Å². The quantitative estimate of drug-likeness (QED) is 0.251. The van der Waals surface area contributed by atoms with Crippen molar-refractivity contribution in [2.75, 3.05) is 7.11 Å². The van der Waals surface area contributed by atoms with Crippen molar-refractivity contribution in [3.05, 3.63) is 58.6 Å². The molecule has 2 unspecified atom stereocenters. The molecule has 0 aromatic carbocycles. The van der Waals surface area contributed by atoms with Crippen molar-refractivity contribution in [2.24, 2.45) is 0 Å². The predicted octanol–water partition coefficient (Wildman–Crippen LogP) is 6.43. The zero-order valence-electron chi connectivity index (χ0n) is 20.2. The van der Waals surface area contributed by atoms with Gasteiger partial charge in [0.05, 0.1) is 18.3 Å². The standard InChI is InChI=1S/C26H33F3O5/c1-5-7-11-18-13-14-19-24(33-18)17(3)22(16-20(25(19)32-4)21(30)10-6-2)34-23(31)12-8-9-15-26(27,28)29/h8,12-14,16,18,22H,5-7,9-11,15H2,1-4H3/b12-8+. The number of hydrogen-bond acceptors (Lipinski definition) is 5. The Bertz CT molecular complexity index is 906. The third kappa shape index (κ3) is 7.64. The van der Waals surface area contributed by atoms with Crippen LogP contribution in [0.5, 0.6) is 0 Å². The molecule has 8 heteroatoms. The third-order valence-corrected chi connectivity index (χ3v) is 5.50. The number of allylic oxidation sites excluding steroid dienone is 3. The number of hydrogen-bond donors (Lipinski definition) is 0. The average Bonchev–Trinajstić information content (AvgIpc) is 2.89. The van der Waals surface area contributed by atoms with Crippen LogP contribution < -0.4 is 0 Å². The maximum Gasteiger partial charge on any atom is 0.389 e. The number of fused-ring (bicyclic) bond motifs is 1. The minimum absolute atomic E-state index is 0.163. The molecule has 2 atom stereocenters. The third-order valence-electron chi connectivity index (χ3n) is 5.50. The molecular weight excluding hydrogens is 449 g/mol. The van der Waals surface area contributed by atoms with E-state index < -0.39 is 24.7 Å². The van der Waals surface area contributed by atoms with E-state index in [1.165, 1.54) is 13.2 Å². The van der Waals surface area contributed by atoms with Crippen molar-refractivity contribution in [3.63, 3.8) is 0 Å². The van der Waals surface area contributed by atoms with Gasteiger partial charge in [-0.1, -0.05) is 26.3 Å². The van der Waals surface area contributed by atoms with Crippen LogP contribution in [-0.2, 0) is 23.8 Å². The first-order valence-electron chi connectivity index (χ1n) is 11.6. The van der Waals surface area contributed by atoms with Gasteiger partial charge in [0.2, 0.25) is 0 Å². The maximum absolute atomic E-state index is 12.9. The van der Waals surface area contributed by atoms with Gasteiger partial charge < -0.3 is 14.2 Å². The van der Waals surface area contributed by atoms with E-state index in [1.54, 1.807) is 6.92 Å². The van der Waals surface area contributed by atoms with E-state index >= 15 is 0 Å². The molecule has 2 rings (SSSR count). The van der Waals surface area contributed by atoms with Crippen LogP contribution in [0.3, 0.4) is 0 Å². The molecule has 2 aliphatic rings. The lowest BCUT2D eigenvalue weighted by molar-refractivity contribution is -0.140. The van der Waals surface area contributed by atoms with Crippen LogP contribution in [0.4, 0.5) is 13.2 Å². The van der Waals surface area contributed by atoms with E-state index in [-0.39, 0.29) is 30.3 Å². The van der Waals surface area contributed by atoms with Gasteiger partial charge in [-0.25, -0.2) is 4.79 Å². The van der Waals surface area contributed by atoms with Crippen LogP contribution in [0.1, 0.15) is 65.7 Å². The number of Topliss-reactive ketones (excluding diaryl/α,β-unsaturated/α-hetero) is 1. The predicted molar refractivity (Wildman–Crippen MR) is 123 cm³/mol. The van der Waals surface area contributed by atoms with Gasteiger partial charge in [0.25, 0.3) is 0 Å². The smallest absolute Gasteiger partial charge is 0.389 e. The molecular formula is C26H33F3O5. The highest BCUT2D eigenvalue weighted by molar-refractivity contribution is 6.00. The van der Waals surface area contributed by atoms with Crippen LogP contribution in [0, 0.1) is 0 Å². The highest BCUT2D eigenvalue weighted by Gasteiger charge is 2.33. The van der Waals surface area contributed by atoms with E-state index in [0.717, 1.165) is 31.4 Å². The minimum atomic E-state index is -4.30. The summed E-state index contributed by atoms with van der Waals surface area (Å²) >= 11 is 0. The van der Waals surface area contributed by atoms with Crippen LogP contribution in [0.15, 0.2) is 58.6 Å². The summed E-state index contributed by atoms with van der Waals surface area (Å²) in [6.07, 6.45) is 4.37. The summed E-state index contributed by atoms with van der Waals surface area (Å²) < 4.78 is 54.4. The molecule has 0 bridgehead atoms. The van der Waals surface area contributed by atoms with Crippen molar-refractivity contribution in [3.8, 4) is 0 Å². The number of unbranched alkanes of at least 4 members (excludes halogenated alkanes) is 1. The molecule has 5 nitrogen and oxygen atoms in total.